The Kier molecular flexibility index (Phi) is 4.78. The van der Waals surface area contributed by atoms with Gasteiger partial charge >= 0.3 is 0 Å². The molecule has 0 bridgehead atoms. The van der Waals surface area contributed by atoms with Crippen molar-refractivity contribution in [2.45, 2.75) is 44.9 Å². The van der Waals surface area contributed by atoms with Gasteiger partial charge in [-0.3, -0.25) is 0 Å². The first-order valence-electron chi connectivity index (χ1n) is 14.4. The van der Waals surface area contributed by atoms with Crippen LogP contribution in [0.1, 0.15) is 50.8 Å². The SMILES string of the molecule is CC1(C)CCOc2c(-c3ccc4c(c3)c3cc5c(cc3n4-c3ccccc3)C(C)(C)c3ccccc3-5)cccc21. The predicted octanol–water partition coefficient (Wildman–Crippen LogP) is 9.82. The van der Waals surface area contributed by atoms with E-state index in [1.165, 1.54) is 66.4 Å². The first-order valence-corrected chi connectivity index (χ1v) is 14.4. The lowest BCUT2D eigenvalue weighted by Crippen LogP contribution is -2.26. The zero-order chi connectivity index (χ0) is 27.2. The van der Waals surface area contributed by atoms with Crippen molar-refractivity contribution in [3.63, 3.8) is 0 Å². The number of hydrogen-bond donors (Lipinski definition) is 0. The third-order valence-electron chi connectivity index (χ3n) is 9.51. The molecule has 0 radical (unpaired) electrons. The molecule has 0 atom stereocenters. The molecular formula is C38H33NO. The average molecular weight is 520 g/mol. The van der Waals surface area contributed by atoms with E-state index in [1.807, 2.05) is 0 Å². The highest BCUT2D eigenvalue weighted by Gasteiger charge is 2.36. The molecule has 2 heterocycles. The third kappa shape index (κ3) is 3.17. The van der Waals surface area contributed by atoms with E-state index in [2.05, 4.69) is 135 Å². The molecule has 0 spiro atoms. The minimum atomic E-state index is -0.0451. The molecule has 0 saturated heterocycles. The van der Waals surface area contributed by atoms with Crippen molar-refractivity contribution in [2.75, 3.05) is 6.61 Å². The maximum atomic E-state index is 6.34. The molecule has 0 unspecified atom stereocenters. The summed E-state index contributed by atoms with van der Waals surface area (Å²) in [5.74, 6) is 1.04. The van der Waals surface area contributed by atoms with Gasteiger partial charge in [0.05, 0.1) is 17.6 Å². The topological polar surface area (TPSA) is 14.2 Å². The fraction of sp³-hybridized carbons (Fsp3) is 0.211. The molecule has 2 nitrogen and oxygen atoms in total. The van der Waals surface area contributed by atoms with Crippen LogP contribution in [-0.4, -0.2) is 11.2 Å². The molecule has 5 aromatic carbocycles. The molecule has 0 amide bonds. The second-order valence-corrected chi connectivity index (χ2v) is 12.7. The molecule has 40 heavy (non-hydrogen) atoms. The summed E-state index contributed by atoms with van der Waals surface area (Å²) < 4.78 is 8.77. The van der Waals surface area contributed by atoms with Crippen LogP contribution in [0.5, 0.6) is 5.75 Å². The van der Waals surface area contributed by atoms with E-state index < -0.39 is 0 Å². The normalized spacial score (nSPS) is 16.4. The summed E-state index contributed by atoms with van der Waals surface area (Å²) in [6.07, 6.45) is 1.04. The second-order valence-electron chi connectivity index (χ2n) is 12.7. The molecule has 0 fully saturated rings. The maximum Gasteiger partial charge on any atom is 0.130 e. The van der Waals surface area contributed by atoms with Crippen molar-refractivity contribution in [1.82, 2.24) is 4.57 Å². The van der Waals surface area contributed by atoms with Gasteiger partial charge in [-0.15, -0.1) is 0 Å². The molecule has 8 rings (SSSR count). The smallest absolute Gasteiger partial charge is 0.130 e. The highest BCUT2D eigenvalue weighted by atomic mass is 16.5. The number of aromatic nitrogens is 1. The van der Waals surface area contributed by atoms with Crippen molar-refractivity contribution < 1.29 is 4.74 Å². The standard InChI is InChI=1S/C38H33NO/c1-37(2)19-20-40-36-26(14-10-16-32(36)37)24-17-18-34-29(21-24)30-22-28-27-13-8-9-15-31(27)38(3,4)33(28)23-35(30)39(34)25-11-6-5-7-12-25/h5-18,21-23H,19-20H2,1-4H3. The molecule has 1 aromatic heterocycles. The summed E-state index contributed by atoms with van der Waals surface area (Å²) in [6.45, 7) is 10.1. The molecule has 2 aliphatic rings. The van der Waals surface area contributed by atoms with Gasteiger partial charge in [0.25, 0.3) is 0 Å². The van der Waals surface area contributed by atoms with Crippen LogP contribution in [0.15, 0.2) is 103 Å². The lowest BCUT2D eigenvalue weighted by atomic mass is 9.78. The van der Waals surface area contributed by atoms with Crippen LogP contribution >= 0.6 is 0 Å². The lowest BCUT2D eigenvalue weighted by molar-refractivity contribution is 0.235. The Morgan fingerprint density at radius 3 is 2.17 bits per heavy atom. The van der Waals surface area contributed by atoms with E-state index in [4.69, 9.17) is 4.74 Å². The minimum Gasteiger partial charge on any atom is -0.493 e. The summed E-state index contributed by atoms with van der Waals surface area (Å²) in [4.78, 5) is 0. The van der Waals surface area contributed by atoms with Crippen LogP contribution in [0.25, 0.3) is 49.7 Å². The maximum absolute atomic E-state index is 6.34. The lowest BCUT2D eigenvalue weighted by Gasteiger charge is -2.33. The summed E-state index contributed by atoms with van der Waals surface area (Å²) in [6, 6.07) is 38.2. The van der Waals surface area contributed by atoms with Gasteiger partial charge in [-0.25, -0.2) is 0 Å². The van der Waals surface area contributed by atoms with Crippen molar-refractivity contribution in [3.8, 4) is 33.7 Å². The predicted molar refractivity (Wildman–Crippen MR) is 167 cm³/mol. The van der Waals surface area contributed by atoms with Crippen molar-refractivity contribution in [3.05, 3.63) is 120 Å². The summed E-state index contributed by atoms with van der Waals surface area (Å²) in [5.41, 5.74) is 12.9. The van der Waals surface area contributed by atoms with E-state index in [9.17, 15) is 0 Å². The molecule has 0 N–H and O–H groups in total. The summed E-state index contributed by atoms with van der Waals surface area (Å²) >= 11 is 0. The average Bonchev–Trinajstić information content (AvgIpc) is 3.40. The van der Waals surface area contributed by atoms with Gasteiger partial charge in [-0.1, -0.05) is 94.4 Å². The number of hydrogen-bond acceptors (Lipinski definition) is 1. The van der Waals surface area contributed by atoms with Crippen molar-refractivity contribution in [2.24, 2.45) is 0 Å². The van der Waals surface area contributed by atoms with E-state index in [0.717, 1.165) is 18.8 Å². The fourth-order valence-corrected chi connectivity index (χ4v) is 7.23. The van der Waals surface area contributed by atoms with E-state index >= 15 is 0 Å². The highest BCUT2D eigenvalue weighted by Crippen LogP contribution is 2.51. The summed E-state index contributed by atoms with van der Waals surface area (Å²) in [5, 5.41) is 2.56. The molecule has 0 saturated carbocycles. The van der Waals surface area contributed by atoms with E-state index in [-0.39, 0.29) is 10.8 Å². The Bertz CT molecular complexity index is 1970. The molecule has 2 heteroatoms. The van der Waals surface area contributed by atoms with Crippen molar-refractivity contribution >= 4 is 21.8 Å². The van der Waals surface area contributed by atoms with Crippen LogP contribution in [0.2, 0.25) is 0 Å². The van der Waals surface area contributed by atoms with Gasteiger partial charge in [0.2, 0.25) is 0 Å². The second kappa shape index (κ2) is 8.11. The zero-order valence-electron chi connectivity index (χ0n) is 23.6. The van der Waals surface area contributed by atoms with E-state index in [0.29, 0.717) is 0 Å². The summed E-state index contributed by atoms with van der Waals surface area (Å²) in [7, 11) is 0. The van der Waals surface area contributed by atoms with Crippen LogP contribution in [0, 0.1) is 0 Å². The van der Waals surface area contributed by atoms with Crippen molar-refractivity contribution in [1.29, 1.82) is 0 Å². The van der Waals surface area contributed by atoms with Gasteiger partial charge in [0, 0.05) is 33.0 Å². The largest absolute Gasteiger partial charge is 0.493 e. The van der Waals surface area contributed by atoms with Crippen LogP contribution in [-0.2, 0) is 10.8 Å². The molecule has 196 valence electrons. The molecule has 6 aromatic rings. The Labute approximate surface area is 235 Å². The minimum absolute atomic E-state index is 0.0451. The monoisotopic (exact) mass is 519 g/mol. The van der Waals surface area contributed by atoms with Crippen LogP contribution in [0.3, 0.4) is 0 Å². The number of benzene rings is 5. The van der Waals surface area contributed by atoms with Gasteiger partial charge in [-0.05, 0) is 76.1 Å². The highest BCUT2D eigenvalue weighted by molar-refractivity contribution is 6.12. The first-order chi connectivity index (χ1) is 19.3. The van der Waals surface area contributed by atoms with E-state index in [1.54, 1.807) is 0 Å². The van der Waals surface area contributed by atoms with Gasteiger partial charge in [0.15, 0.2) is 0 Å². The Morgan fingerprint density at radius 2 is 1.32 bits per heavy atom. The van der Waals surface area contributed by atoms with Crippen LogP contribution < -0.4 is 4.74 Å². The molecule has 1 aliphatic carbocycles. The fourth-order valence-electron chi connectivity index (χ4n) is 7.23. The number of rotatable bonds is 2. The number of para-hydroxylation sites is 2. The Balaban J connectivity index is 1.44. The molecular weight excluding hydrogens is 486 g/mol. The third-order valence-corrected chi connectivity index (χ3v) is 9.51. The molecule has 1 aliphatic heterocycles. The Morgan fingerprint density at radius 1 is 0.600 bits per heavy atom. The number of fused-ring (bicyclic) bond motifs is 7. The quantitative estimate of drug-likeness (QED) is 0.222. The van der Waals surface area contributed by atoms with Gasteiger partial charge in [-0.2, -0.15) is 0 Å². The first kappa shape index (κ1) is 23.6. The van der Waals surface area contributed by atoms with Crippen LogP contribution in [0.4, 0.5) is 0 Å². The number of nitrogens with zero attached hydrogens (tertiary/aromatic N) is 1. The van der Waals surface area contributed by atoms with Gasteiger partial charge < -0.3 is 9.30 Å². The Hall–Kier alpha value is -4.30. The zero-order valence-corrected chi connectivity index (χ0v) is 23.6. The number of ether oxygens (including phenoxy) is 1. The van der Waals surface area contributed by atoms with Gasteiger partial charge in [0.1, 0.15) is 5.75 Å².